The largest absolute Gasteiger partial charge is 0.497 e. The summed E-state index contributed by atoms with van der Waals surface area (Å²) in [5, 5.41) is 4.22. The van der Waals surface area contributed by atoms with E-state index >= 15 is 0 Å². The molecule has 2 heterocycles. The molecule has 2 atom stereocenters. The summed E-state index contributed by atoms with van der Waals surface area (Å²) in [4.78, 5) is 35.0. The van der Waals surface area contributed by atoms with Crippen molar-refractivity contribution in [3.05, 3.63) is 91.4 Å². The van der Waals surface area contributed by atoms with Crippen LogP contribution in [-0.4, -0.2) is 60.4 Å². The van der Waals surface area contributed by atoms with Crippen molar-refractivity contribution in [1.29, 1.82) is 0 Å². The third kappa shape index (κ3) is 6.13. The van der Waals surface area contributed by atoms with Crippen LogP contribution >= 0.6 is 46.4 Å². The standard InChI is InChI=1S/C30H28Cl4N4O4/c1-16(2)42-25-14-19(41-3)6-7-20(25)29-36-27(17-4-8-21(31)23(33)12-17)28(18-5-9-22(32)24(34)13-18)38(29)30(40)37-11-10-35-26(39)15-37/h4-9,12-14,16,27-28H,10-11,15H2,1-3H3,(H,35,39)/t27-,28+/m0/s1. The number of halogens is 4. The highest BCUT2D eigenvalue weighted by Gasteiger charge is 2.45. The van der Waals surface area contributed by atoms with Gasteiger partial charge in [0.1, 0.15) is 29.9 Å². The maximum Gasteiger partial charge on any atom is 0.326 e. The van der Waals surface area contributed by atoms with Crippen molar-refractivity contribution in [2.24, 2.45) is 4.99 Å². The number of urea groups is 1. The van der Waals surface area contributed by atoms with Gasteiger partial charge < -0.3 is 19.7 Å². The first kappa shape index (κ1) is 30.3. The number of carbonyl (C=O) groups excluding carboxylic acids is 2. The lowest BCUT2D eigenvalue weighted by atomic mass is 9.93. The van der Waals surface area contributed by atoms with Crippen LogP contribution in [0.15, 0.2) is 59.6 Å². The van der Waals surface area contributed by atoms with Gasteiger partial charge >= 0.3 is 6.03 Å². The average Bonchev–Trinajstić information content (AvgIpc) is 3.35. The van der Waals surface area contributed by atoms with Crippen molar-refractivity contribution in [1.82, 2.24) is 15.1 Å². The van der Waals surface area contributed by atoms with Crippen LogP contribution in [0.5, 0.6) is 11.5 Å². The van der Waals surface area contributed by atoms with E-state index in [0.29, 0.717) is 61.6 Å². The molecule has 0 unspecified atom stereocenters. The summed E-state index contributed by atoms with van der Waals surface area (Å²) in [6, 6.07) is 14.1. The number of ether oxygens (including phenoxy) is 2. The normalized spacial score (nSPS) is 18.7. The van der Waals surface area contributed by atoms with Gasteiger partial charge in [0.2, 0.25) is 5.91 Å². The topological polar surface area (TPSA) is 83.5 Å². The Morgan fingerprint density at radius 3 is 2.24 bits per heavy atom. The summed E-state index contributed by atoms with van der Waals surface area (Å²) in [6.45, 7) is 4.39. The van der Waals surface area contributed by atoms with Crippen molar-refractivity contribution < 1.29 is 19.1 Å². The Kier molecular flexibility index (Phi) is 9.08. The maximum absolute atomic E-state index is 14.4. The Labute approximate surface area is 264 Å². The molecule has 12 heteroatoms. The van der Waals surface area contributed by atoms with Gasteiger partial charge in [0.05, 0.1) is 44.9 Å². The van der Waals surface area contributed by atoms with Crippen molar-refractivity contribution in [3.8, 4) is 11.5 Å². The number of carbonyl (C=O) groups is 2. The summed E-state index contributed by atoms with van der Waals surface area (Å²) in [7, 11) is 1.57. The van der Waals surface area contributed by atoms with Crippen LogP contribution in [0.1, 0.15) is 42.6 Å². The predicted octanol–water partition coefficient (Wildman–Crippen LogP) is 7.19. The molecule has 220 valence electrons. The monoisotopic (exact) mass is 648 g/mol. The number of nitrogens with one attached hydrogen (secondary N) is 1. The molecule has 0 bridgehead atoms. The van der Waals surface area contributed by atoms with Gasteiger partial charge in [-0.3, -0.25) is 14.7 Å². The van der Waals surface area contributed by atoms with Crippen LogP contribution in [0, 0.1) is 0 Å². The molecule has 8 nitrogen and oxygen atoms in total. The van der Waals surface area contributed by atoms with E-state index in [0.717, 1.165) is 5.56 Å². The van der Waals surface area contributed by atoms with E-state index in [1.165, 1.54) is 4.90 Å². The molecule has 2 aliphatic rings. The Bertz CT molecular complexity index is 1560. The number of methoxy groups -OCH3 is 1. The summed E-state index contributed by atoms with van der Waals surface area (Å²) < 4.78 is 11.6. The van der Waals surface area contributed by atoms with E-state index in [-0.39, 0.29) is 18.6 Å². The first-order chi connectivity index (χ1) is 20.1. The number of nitrogens with zero attached hydrogens (tertiary/aromatic N) is 3. The lowest BCUT2D eigenvalue weighted by Crippen LogP contribution is -2.55. The van der Waals surface area contributed by atoms with Gasteiger partial charge in [-0.05, 0) is 61.4 Å². The van der Waals surface area contributed by atoms with E-state index < -0.39 is 18.1 Å². The van der Waals surface area contributed by atoms with Gasteiger partial charge in [-0.1, -0.05) is 58.5 Å². The minimum atomic E-state index is -0.682. The molecule has 2 aliphatic heterocycles. The van der Waals surface area contributed by atoms with Crippen molar-refractivity contribution in [3.63, 3.8) is 0 Å². The lowest BCUT2D eigenvalue weighted by Gasteiger charge is -2.36. The second kappa shape index (κ2) is 12.6. The zero-order chi connectivity index (χ0) is 30.1. The molecule has 0 aromatic heterocycles. The number of benzene rings is 3. The smallest absolute Gasteiger partial charge is 0.326 e. The van der Waals surface area contributed by atoms with Crippen LogP contribution < -0.4 is 14.8 Å². The van der Waals surface area contributed by atoms with Gasteiger partial charge in [0, 0.05) is 19.2 Å². The van der Waals surface area contributed by atoms with Gasteiger partial charge in [0.25, 0.3) is 0 Å². The van der Waals surface area contributed by atoms with Crippen molar-refractivity contribution >= 4 is 64.2 Å². The van der Waals surface area contributed by atoms with Crippen LogP contribution in [0.25, 0.3) is 0 Å². The van der Waals surface area contributed by atoms with Crippen LogP contribution in [-0.2, 0) is 4.79 Å². The number of hydrogen-bond donors (Lipinski definition) is 1. The Balaban J connectivity index is 1.74. The Morgan fingerprint density at radius 2 is 1.62 bits per heavy atom. The number of amides is 3. The molecule has 0 aliphatic carbocycles. The van der Waals surface area contributed by atoms with Crippen LogP contribution in [0.4, 0.5) is 4.79 Å². The van der Waals surface area contributed by atoms with E-state index in [1.54, 1.807) is 48.4 Å². The van der Waals surface area contributed by atoms with Gasteiger partial charge in [-0.25, -0.2) is 4.79 Å². The molecular weight excluding hydrogens is 622 g/mol. The highest BCUT2D eigenvalue weighted by Crippen LogP contribution is 2.47. The number of hydrogen-bond acceptors (Lipinski definition) is 5. The van der Waals surface area contributed by atoms with Crippen molar-refractivity contribution in [2.45, 2.75) is 32.0 Å². The predicted molar refractivity (Wildman–Crippen MR) is 166 cm³/mol. The summed E-state index contributed by atoms with van der Waals surface area (Å²) >= 11 is 25.5. The number of rotatable bonds is 6. The second-order valence-electron chi connectivity index (χ2n) is 10.1. The number of piperazine rings is 1. The minimum Gasteiger partial charge on any atom is -0.497 e. The molecule has 0 saturated carbocycles. The highest BCUT2D eigenvalue weighted by molar-refractivity contribution is 6.42. The van der Waals surface area contributed by atoms with Crippen LogP contribution in [0.2, 0.25) is 20.1 Å². The molecular formula is C30H28Cl4N4O4. The minimum absolute atomic E-state index is 0.0912. The zero-order valence-corrected chi connectivity index (χ0v) is 26.1. The van der Waals surface area contributed by atoms with Crippen molar-refractivity contribution in [2.75, 3.05) is 26.7 Å². The fraction of sp³-hybridized carbons (Fsp3) is 0.300. The summed E-state index contributed by atoms with van der Waals surface area (Å²) in [5.74, 6) is 1.18. The van der Waals surface area contributed by atoms with E-state index in [2.05, 4.69) is 5.32 Å². The molecule has 1 N–H and O–H groups in total. The van der Waals surface area contributed by atoms with E-state index in [4.69, 9.17) is 60.9 Å². The van der Waals surface area contributed by atoms with Crippen LogP contribution in [0.3, 0.4) is 0 Å². The molecule has 3 aromatic rings. The molecule has 3 aromatic carbocycles. The Morgan fingerprint density at radius 1 is 0.952 bits per heavy atom. The zero-order valence-electron chi connectivity index (χ0n) is 23.0. The van der Waals surface area contributed by atoms with Gasteiger partial charge in [0.15, 0.2) is 0 Å². The molecule has 5 rings (SSSR count). The number of amidine groups is 1. The van der Waals surface area contributed by atoms with E-state index in [1.807, 2.05) is 32.0 Å². The quantitative estimate of drug-likeness (QED) is 0.306. The van der Waals surface area contributed by atoms with Gasteiger partial charge in [-0.15, -0.1) is 0 Å². The summed E-state index contributed by atoms with van der Waals surface area (Å²) in [5.41, 5.74) is 1.99. The molecule has 0 spiro atoms. The second-order valence-corrected chi connectivity index (χ2v) is 11.8. The average molecular weight is 650 g/mol. The maximum atomic E-state index is 14.4. The molecule has 1 saturated heterocycles. The fourth-order valence-electron chi connectivity index (χ4n) is 5.05. The summed E-state index contributed by atoms with van der Waals surface area (Å²) in [6.07, 6.45) is -0.176. The molecule has 3 amide bonds. The number of aliphatic imine (C=N–C) groups is 1. The third-order valence-electron chi connectivity index (χ3n) is 6.94. The van der Waals surface area contributed by atoms with Gasteiger partial charge in [-0.2, -0.15) is 0 Å². The first-order valence-corrected chi connectivity index (χ1v) is 14.8. The molecule has 1 fully saturated rings. The Hall–Kier alpha value is -3.17. The fourth-order valence-corrected chi connectivity index (χ4v) is 5.66. The molecule has 0 radical (unpaired) electrons. The lowest BCUT2D eigenvalue weighted by molar-refractivity contribution is -0.123. The van der Waals surface area contributed by atoms with E-state index in [9.17, 15) is 9.59 Å². The SMILES string of the molecule is COc1ccc(C2=N[C@@H](c3ccc(Cl)c(Cl)c3)[C@@H](c3ccc(Cl)c(Cl)c3)N2C(=O)N2CCNC(=O)C2)c(OC(C)C)c1. The highest BCUT2D eigenvalue weighted by atomic mass is 35.5. The third-order valence-corrected chi connectivity index (χ3v) is 8.42. The molecule has 42 heavy (non-hydrogen) atoms. The first-order valence-electron chi connectivity index (χ1n) is 13.2.